The van der Waals surface area contributed by atoms with Crippen molar-refractivity contribution in [3.05, 3.63) is 124 Å². The third kappa shape index (κ3) is 4.21. The van der Waals surface area contributed by atoms with Crippen molar-refractivity contribution in [1.82, 2.24) is 9.99 Å². The first-order valence-corrected chi connectivity index (χ1v) is 11.6. The van der Waals surface area contributed by atoms with Gasteiger partial charge < -0.3 is 8.98 Å². The molecule has 0 bridgehead atoms. The Bertz CT molecular complexity index is 1830. The molecule has 0 aliphatic rings. The van der Waals surface area contributed by atoms with Gasteiger partial charge in [0.05, 0.1) is 11.1 Å². The van der Waals surface area contributed by atoms with Crippen LogP contribution in [0.3, 0.4) is 0 Å². The summed E-state index contributed by atoms with van der Waals surface area (Å²) in [6, 6.07) is 27.9. The number of furan rings is 1. The maximum absolute atomic E-state index is 12.8. The van der Waals surface area contributed by atoms with Gasteiger partial charge in [0.25, 0.3) is 5.69 Å². The zero-order chi connectivity index (χ0) is 25.4. The Hall–Kier alpha value is -5.24. The summed E-state index contributed by atoms with van der Waals surface area (Å²) in [6.45, 7) is 0.533. The maximum atomic E-state index is 12.8. The standard InChI is InChI=1S/C29H20N4O4/c34-29(28-15-25-23-6-2-1-5-20(23)11-14-27(25)37-28)31-30-16-21-18-32(26-8-4-3-7-24(21)26)17-19-9-12-22(13-10-19)33(35)36/h1-16,18H,17H2,(H,31,34). The molecule has 180 valence electrons. The monoisotopic (exact) mass is 488 g/mol. The van der Waals surface area contributed by atoms with E-state index in [4.69, 9.17) is 4.42 Å². The van der Waals surface area contributed by atoms with Crippen LogP contribution in [0.15, 0.2) is 107 Å². The molecule has 1 N–H and O–H groups in total. The van der Waals surface area contributed by atoms with Crippen LogP contribution in [-0.2, 0) is 6.54 Å². The molecule has 1 amide bonds. The zero-order valence-corrected chi connectivity index (χ0v) is 19.5. The fourth-order valence-electron chi connectivity index (χ4n) is 4.55. The van der Waals surface area contributed by atoms with E-state index in [0.29, 0.717) is 12.1 Å². The number of para-hydroxylation sites is 1. The van der Waals surface area contributed by atoms with E-state index in [1.54, 1.807) is 24.4 Å². The second-order valence-electron chi connectivity index (χ2n) is 8.66. The van der Waals surface area contributed by atoms with Gasteiger partial charge in [-0.1, -0.05) is 60.7 Å². The number of rotatable bonds is 6. The van der Waals surface area contributed by atoms with E-state index in [9.17, 15) is 14.9 Å². The fourth-order valence-corrected chi connectivity index (χ4v) is 4.55. The molecule has 6 rings (SSSR count). The summed E-state index contributed by atoms with van der Waals surface area (Å²) in [7, 11) is 0. The summed E-state index contributed by atoms with van der Waals surface area (Å²) in [4.78, 5) is 23.3. The molecule has 0 atom stereocenters. The van der Waals surface area contributed by atoms with Gasteiger partial charge >= 0.3 is 5.91 Å². The van der Waals surface area contributed by atoms with Crippen LogP contribution < -0.4 is 5.43 Å². The van der Waals surface area contributed by atoms with Gasteiger partial charge in [0.1, 0.15) is 5.58 Å². The van der Waals surface area contributed by atoms with Crippen molar-refractivity contribution < 1.29 is 14.1 Å². The van der Waals surface area contributed by atoms with E-state index in [1.165, 1.54) is 12.1 Å². The summed E-state index contributed by atoms with van der Waals surface area (Å²) >= 11 is 0. The Kier molecular flexibility index (Phi) is 5.46. The summed E-state index contributed by atoms with van der Waals surface area (Å²) in [6.07, 6.45) is 3.54. The number of nitrogens with zero attached hydrogens (tertiary/aromatic N) is 3. The van der Waals surface area contributed by atoms with Gasteiger partial charge in [0.15, 0.2) is 5.76 Å². The highest BCUT2D eigenvalue weighted by Crippen LogP contribution is 2.28. The average Bonchev–Trinajstić information content (AvgIpc) is 3.51. The summed E-state index contributed by atoms with van der Waals surface area (Å²) in [5.74, 6) is -0.254. The van der Waals surface area contributed by atoms with Gasteiger partial charge in [0.2, 0.25) is 0 Å². The Morgan fingerprint density at radius 3 is 2.51 bits per heavy atom. The lowest BCUT2D eigenvalue weighted by molar-refractivity contribution is -0.384. The molecule has 0 saturated carbocycles. The quantitative estimate of drug-likeness (QED) is 0.170. The molecule has 0 unspecified atom stereocenters. The number of hydrogen-bond acceptors (Lipinski definition) is 5. The van der Waals surface area contributed by atoms with Gasteiger partial charge in [0, 0.05) is 46.7 Å². The number of nitro groups is 1. The van der Waals surface area contributed by atoms with Crippen molar-refractivity contribution in [3.63, 3.8) is 0 Å². The molecule has 6 aromatic rings. The zero-order valence-electron chi connectivity index (χ0n) is 19.5. The van der Waals surface area contributed by atoms with Crippen LogP contribution in [0.1, 0.15) is 21.7 Å². The largest absolute Gasteiger partial charge is 0.451 e. The molecular formula is C29H20N4O4. The van der Waals surface area contributed by atoms with Gasteiger partial charge in [-0.3, -0.25) is 14.9 Å². The van der Waals surface area contributed by atoms with E-state index in [-0.39, 0.29) is 11.4 Å². The van der Waals surface area contributed by atoms with Gasteiger partial charge in [-0.05, 0) is 34.5 Å². The third-order valence-electron chi connectivity index (χ3n) is 6.34. The van der Waals surface area contributed by atoms with Gasteiger partial charge in [-0.2, -0.15) is 5.10 Å². The van der Waals surface area contributed by atoms with Crippen molar-refractivity contribution in [3.8, 4) is 0 Å². The average molecular weight is 489 g/mol. The number of benzene rings is 4. The smallest absolute Gasteiger partial charge is 0.307 e. The summed E-state index contributed by atoms with van der Waals surface area (Å²) in [5.41, 5.74) is 6.00. The Morgan fingerprint density at radius 2 is 1.70 bits per heavy atom. The van der Waals surface area contributed by atoms with Gasteiger partial charge in [-0.15, -0.1) is 0 Å². The first-order chi connectivity index (χ1) is 18.1. The van der Waals surface area contributed by atoms with Crippen LogP contribution in [0, 0.1) is 10.1 Å². The van der Waals surface area contributed by atoms with E-state index in [1.807, 2.05) is 71.4 Å². The highest BCUT2D eigenvalue weighted by atomic mass is 16.6. The summed E-state index contributed by atoms with van der Waals surface area (Å²) < 4.78 is 7.82. The van der Waals surface area contributed by atoms with Crippen LogP contribution in [0.25, 0.3) is 32.6 Å². The fraction of sp³-hybridized carbons (Fsp3) is 0.0345. The van der Waals surface area contributed by atoms with Crippen molar-refractivity contribution in [2.45, 2.75) is 6.54 Å². The first-order valence-electron chi connectivity index (χ1n) is 11.6. The number of non-ortho nitro benzene ring substituents is 1. The number of aromatic nitrogens is 1. The Morgan fingerprint density at radius 1 is 0.946 bits per heavy atom. The van der Waals surface area contributed by atoms with Crippen LogP contribution >= 0.6 is 0 Å². The molecule has 0 spiro atoms. The van der Waals surface area contributed by atoms with Crippen LogP contribution in [0.5, 0.6) is 0 Å². The molecule has 0 aliphatic heterocycles. The lowest BCUT2D eigenvalue weighted by Gasteiger charge is -2.05. The molecule has 4 aromatic carbocycles. The number of amides is 1. The molecule has 2 aromatic heterocycles. The highest BCUT2D eigenvalue weighted by molar-refractivity contribution is 6.08. The van der Waals surface area contributed by atoms with Crippen LogP contribution in [0.4, 0.5) is 5.69 Å². The number of nitrogens with one attached hydrogen (secondary N) is 1. The second-order valence-corrected chi connectivity index (χ2v) is 8.66. The molecule has 2 heterocycles. The molecule has 0 aliphatic carbocycles. The molecular weight excluding hydrogens is 468 g/mol. The minimum absolute atomic E-state index is 0.0577. The minimum atomic E-state index is -0.439. The second kappa shape index (κ2) is 9.09. The van der Waals surface area contributed by atoms with E-state index >= 15 is 0 Å². The Labute approximate surface area is 210 Å². The van der Waals surface area contributed by atoms with Crippen LogP contribution in [0.2, 0.25) is 0 Å². The summed E-state index contributed by atoms with van der Waals surface area (Å²) in [5, 5.41) is 19.1. The molecule has 0 radical (unpaired) electrons. The lowest BCUT2D eigenvalue weighted by atomic mass is 10.1. The Balaban J connectivity index is 1.23. The van der Waals surface area contributed by atoms with E-state index in [2.05, 4.69) is 10.5 Å². The predicted molar refractivity (Wildman–Crippen MR) is 143 cm³/mol. The van der Waals surface area contributed by atoms with Gasteiger partial charge in [-0.25, -0.2) is 5.43 Å². The molecule has 8 nitrogen and oxygen atoms in total. The van der Waals surface area contributed by atoms with Crippen LogP contribution in [-0.4, -0.2) is 21.6 Å². The molecule has 8 heteroatoms. The number of hydrogen-bond donors (Lipinski definition) is 1. The SMILES string of the molecule is O=C(NN=Cc1cn(Cc2ccc([N+](=O)[O-])cc2)c2ccccc12)c1cc2c(ccc3ccccc32)o1. The molecule has 37 heavy (non-hydrogen) atoms. The topological polar surface area (TPSA) is 103 Å². The maximum Gasteiger partial charge on any atom is 0.307 e. The first kappa shape index (κ1) is 22.2. The number of carbonyl (C=O) groups is 1. The van der Waals surface area contributed by atoms with E-state index in [0.717, 1.165) is 38.2 Å². The number of carbonyl (C=O) groups excluding carboxylic acids is 1. The minimum Gasteiger partial charge on any atom is -0.451 e. The predicted octanol–water partition coefficient (Wildman–Crippen LogP) is 6.26. The van der Waals surface area contributed by atoms with E-state index < -0.39 is 10.8 Å². The highest BCUT2D eigenvalue weighted by Gasteiger charge is 2.14. The van der Waals surface area contributed by atoms with Crippen molar-refractivity contribution in [1.29, 1.82) is 0 Å². The molecule has 0 fully saturated rings. The number of fused-ring (bicyclic) bond motifs is 4. The van der Waals surface area contributed by atoms with Crippen molar-refractivity contribution >= 4 is 50.5 Å². The molecule has 0 saturated heterocycles. The number of hydrazone groups is 1. The lowest BCUT2D eigenvalue weighted by Crippen LogP contribution is -2.16. The van der Waals surface area contributed by atoms with Crippen molar-refractivity contribution in [2.24, 2.45) is 5.10 Å². The van der Waals surface area contributed by atoms with Crippen molar-refractivity contribution in [2.75, 3.05) is 0 Å². The normalized spacial score (nSPS) is 11.6. The number of nitro benzene ring substituents is 1. The third-order valence-corrected chi connectivity index (χ3v) is 6.34.